The van der Waals surface area contributed by atoms with Crippen molar-refractivity contribution in [3.8, 4) is 0 Å². The Labute approximate surface area is 200 Å². The van der Waals surface area contributed by atoms with E-state index in [1.807, 2.05) is 6.08 Å². The van der Waals surface area contributed by atoms with E-state index >= 15 is 0 Å². The minimum atomic E-state index is -0.965. The van der Waals surface area contributed by atoms with Gasteiger partial charge in [0.25, 0.3) is 0 Å². The van der Waals surface area contributed by atoms with Gasteiger partial charge in [0, 0.05) is 18.3 Å². The Kier molecular flexibility index (Phi) is 6.70. The molecule has 4 heteroatoms. The van der Waals surface area contributed by atoms with E-state index in [1.165, 1.54) is 5.57 Å². The van der Waals surface area contributed by atoms with Gasteiger partial charge in [-0.05, 0) is 87.0 Å². The second-order valence-electron chi connectivity index (χ2n) is 12.2. The van der Waals surface area contributed by atoms with Gasteiger partial charge in [0.2, 0.25) is 0 Å². The van der Waals surface area contributed by atoms with Gasteiger partial charge in [0.05, 0.1) is 0 Å². The molecule has 33 heavy (non-hydrogen) atoms. The van der Waals surface area contributed by atoms with Crippen molar-refractivity contribution in [2.24, 2.45) is 34.5 Å². The largest absolute Gasteiger partial charge is 0.450 e. The van der Waals surface area contributed by atoms with Gasteiger partial charge in [-0.1, -0.05) is 52.5 Å². The van der Waals surface area contributed by atoms with Crippen LogP contribution in [0.25, 0.3) is 0 Å². The third-order valence-corrected chi connectivity index (χ3v) is 10.5. The van der Waals surface area contributed by atoms with Crippen LogP contribution in [0.2, 0.25) is 0 Å². The van der Waals surface area contributed by atoms with Crippen LogP contribution in [0.3, 0.4) is 0 Å². The molecule has 0 N–H and O–H groups in total. The maximum Gasteiger partial charge on any atom is 0.306 e. The Hall–Kier alpha value is -1.45. The van der Waals surface area contributed by atoms with Crippen LogP contribution in [0.1, 0.15) is 112 Å². The van der Waals surface area contributed by atoms with Gasteiger partial charge in [0.1, 0.15) is 0 Å². The fourth-order valence-electron chi connectivity index (χ4n) is 8.74. The average Bonchev–Trinajstić information content (AvgIpc) is 3.06. The Bertz CT molecular complexity index is 843. The maximum absolute atomic E-state index is 13.2. The predicted molar refractivity (Wildman–Crippen MR) is 130 cm³/mol. The highest BCUT2D eigenvalue weighted by atomic mass is 16.6. The molecule has 0 unspecified atom stereocenters. The van der Waals surface area contributed by atoms with Crippen LogP contribution in [0.4, 0.5) is 0 Å². The number of hydrogen-bond donors (Lipinski definition) is 0. The van der Waals surface area contributed by atoms with Crippen molar-refractivity contribution in [1.82, 2.24) is 0 Å². The van der Waals surface area contributed by atoms with Gasteiger partial charge in [-0.15, -0.1) is 0 Å². The number of hydrogen-bond acceptors (Lipinski definition) is 4. The highest BCUT2D eigenvalue weighted by Gasteiger charge is 2.68. The van der Waals surface area contributed by atoms with Crippen LogP contribution in [-0.2, 0) is 19.1 Å². The summed E-state index contributed by atoms with van der Waals surface area (Å²) < 4.78 is 6.22. The molecule has 4 aliphatic carbocycles. The summed E-state index contributed by atoms with van der Waals surface area (Å²) >= 11 is 0. The molecular formula is C29H44O4. The van der Waals surface area contributed by atoms with Crippen molar-refractivity contribution in [2.75, 3.05) is 0 Å². The zero-order valence-corrected chi connectivity index (χ0v) is 21.5. The Morgan fingerprint density at radius 3 is 2.48 bits per heavy atom. The quantitative estimate of drug-likeness (QED) is 0.320. The smallest absolute Gasteiger partial charge is 0.306 e. The highest BCUT2D eigenvalue weighted by Crippen LogP contribution is 2.69. The second kappa shape index (κ2) is 8.96. The van der Waals surface area contributed by atoms with E-state index in [9.17, 15) is 14.4 Å². The SMILES string of the molecule is CCCCCCC(=O)O[C@]1(C(C)=O)CC[C@H]2[C@@H]3C[C@H](C)C4=CC(=O)CC[C@]4(C)[C@H]3CC[C@@]21C. The van der Waals surface area contributed by atoms with Crippen molar-refractivity contribution in [2.45, 2.75) is 117 Å². The third kappa shape index (κ3) is 3.84. The average molecular weight is 457 g/mol. The monoisotopic (exact) mass is 456 g/mol. The lowest BCUT2D eigenvalue weighted by molar-refractivity contribution is -0.189. The Balaban J connectivity index is 1.59. The fraction of sp³-hybridized carbons (Fsp3) is 0.828. The van der Waals surface area contributed by atoms with Gasteiger partial charge >= 0.3 is 5.97 Å². The molecule has 0 bridgehead atoms. The molecule has 0 aromatic carbocycles. The number of ketones is 2. The predicted octanol–water partition coefficient (Wildman–Crippen LogP) is 6.61. The molecule has 184 valence electrons. The number of ether oxygens (including phenoxy) is 1. The standard InChI is InChI=1S/C29H44O4/c1-6-7-8-9-10-26(32)33-29(20(3)30)16-13-24-22-17-19(2)25-18-21(31)11-14-27(25,4)23(22)12-15-28(24,29)5/h18-19,22-24H,6-17H2,1-5H3/t19-,22+,23-,24-,27+,28-,29-/m0/s1. The summed E-state index contributed by atoms with van der Waals surface area (Å²) in [6.45, 7) is 10.7. The Morgan fingerprint density at radius 2 is 1.79 bits per heavy atom. The summed E-state index contributed by atoms with van der Waals surface area (Å²) in [5, 5.41) is 0. The molecule has 0 radical (unpaired) electrons. The van der Waals surface area contributed by atoms with Crippen LogP contribution in [0.15, 0.2) is 11.6 Å². The molecule has 0 aromatic rings. The zero-order chi connectivity index (χ0) is 24.0. The van der Waals surface area contributed by atoms with Gasteiger partial charge in [-0.3, -0.25) is 14.4 Å². The number of unbranched alkanes of at least 4 members (excludes halogenated alkanes) is 3. The van der Waals surface area contributed by atoms with Crippen LogP contribution in [0, 0.1) is 34.5 Å². The first-order chi connectivity index (χ1) is 15.6. The topological polar surface area (TPSA) is 60.4 Å². The van der Waals surface area contributed by atoms with Gasteiger partial charge < -0.3 is 4.74 Å². The van der Waals surface area contributed by atoms with Crippen LogP contribution in [-0.4, -0.2) is 23.1 Å². The number of fused-ring (bicyclic) bond motifs is 5. The van der Waals surface area contributed by atoms with Gasteiger partial charge in [-0.2, -0.15) is 0 Å². The van der Waals surface area contributed by atoms with Crippen molar-refractivity contribution in [1.29, 1.82) is 0 Å². The molecule has 3 fully saturated rings. The fourth-order valence-corrected chi connectivity index (χ4v) is 8.74. The lowest BCUT2D eigenvalue weighted by Gasteiger charge is -2.60. The van der Waals surface area contributed by atoms with E-state index in [0.717, 1.165) is 57.8 Å². The number of esters is 1. The number of allylic oxidation sites excluding steroid dienone is 1. The van der Waals surface area contributed by atoms with E-state index in [1.54, 1.807) is 6.92 Å². The molecule has 4 nitrogen and oxygen atoms in total. The zero-order valence-electron chi connectivity index (χ0n) is 21.5. The second-order valence-corrected chi connectivity index (χ2v) is 12.2. The van der Waals surface area contributed by atoms with E-state index < -0.39 is 5.60 Å². The first kappa shape index (κ1) is 24.7. The first-order valence-electron chi connectivity index (χ1n) is 13.6. The maximum atomic E-state index is 13.2. The lowest BCUT2D eigenvalue weighted by atomic mass is 9.44. The molecule has 0 aliphatic heterocycles. The van der Waals surface area contributed by atoms with Crippen molar-refractivity contribution >= 4 is 17.5 Å². The van der Waals surface area contributed by atoms with E-state index in [0.29, 0.717) is 42.9 Å². The molecule has 0 aromatic heterocycles. The molecule has 0 saturated heterocycles. The number of carbonyl (C=O) groups excluding carboxylic acids is 3. The van der Waals surface area contributed by atoms with Crippen molar-refractivity contribution < 1.29 is 19.1 Å². The number of carbonyl (C=O) groups is 3. The summed E-state index contributed by atoms with van der Waals surface area (Å²) in [4.78, 5) is 38.3. The summed E-state index contributed by atoms with van der Waals surface area (Å²) in [5.74, 6) is 2.01. The summed E-state index contributed by atoms with van der Waals surface area (Å²) in [6.07, 6.45) is 12.8. The van der Waals surface area contributed by atoms with E-state index in [4.69, 9.17) is 4.74 Å². The lowest BCUT2D eigenvalue weighted by Crippen LogP contribution is -2.59. The normalized spacial score (nSPS) is 42.1. The first-order valence-corrected chi connectivity index (χ1v) is 13.6. The minimum absolute atomic E-state index is 0.0341. The molecule has 3 saturated carbocycles. The van der Waals surface area contributed by atoms with E-state index in [-0.39, 0.29) is 28.4 Å². The highest BCUT2D eigenvalue weighted by molar-refractivity contribution is 5.92. The van der Waals surface area contributed by atoms with Crippen molar-refractivity contribution in [3.05, 3.63) is 11.6 Å². The molecule has 4 rings (SSSR count). The number of rotatable bonds is 7. The Morgan fingerprint density at radius 1 is 1.06 bits per heavy atom. The van der Waals surface area contributed by atoms with Crippen LogP contribution in [0.5, 0.6) is 0 Å². The number of Topliss-reactive ketones (excluding diaryl/α,β-unsaturated/α-hetero) is 1. The van der Waals surface area contributed by atoms with Gasteiger partial charge in [0.15, 0.2) is 17.2 Å². The summed E-state index contributed by atoms with van der Waals surface area (Å²) in [6, 6.07) is 0. The third-order valence-electron chi connectivity index (χ3n) is 10.5. The molecular weight excluding hydrogens is 412 g/mol. The van der Waals surface area contributed by atoms with Crippen LogP contribution < -0.4 is 0 Å². The molecule has 4 aliphatic rings. The molecule has 0 heterocycles. The molecule has 0 amide bonds. The van der Waals surface area contributed by atoms with Crippen LogP contribution >= 0.6 is 0 Å². The van der Waals surface area contributed by atoms with Gasteiger partial charge in [-0.25, -0.2) is 0 Å². The summed E-state index contributed by atoms with van der Waals surface area (Å²) in [5.41, 5.74) is 0.210. The molecule has 7 atom stereocenters. The van der Waals surface area contributed by atoms with Crippen molar-refractivity contribution in [3.63, 3.8) is 0 Å². The molecule has 0 spiro atoms. The summed E-state index contributed by atoms with van der Waals surface area (Å²) in [7, 11) is 0. The minimum Gasteiger partial charge on any atom is -0.450 e. The van der Waals surface area contributed by atoms with E-state index in [2.05, 4.69) is 27.7 Å².